The van der Waals surface area contributed by atoms with Gasteiger partial charge in [0.25, 0.3) is 0 Å². The van der Waals surface area contributed by atoms with E-state index >= 15 is 0 Å². The molecule has 0 spiro atoms. The zero-order valence-electron chi connectivity index (χ0n) is 15.6. The van der Waals surface area contributed by atoms with E-state index in [4.69, 9.17) is 4.74 Å². The molecular weight excluding hydrogens is 414 g/mol. The number of benzene rings is 1. The third-order valence-electron chi connectivity index (χ3n) is 4.46. The average molecular weight is 431 g/mol. The molecule has 0 aliphatic carbocycles. The molecule has 3 rings (SSSR count). The van der Waals surface area contributed by atoms with Crippen molar-refractivity contribution in [3.63, 3.8) is 0 Å². The van der Waals surface area contributed by atoms with Crippen molar-refractivity contribution >= 4 is 23.5 Å². The van der Waals surface area contributed by atoms with E-state index in [1.807, 2.05) is 6.92 Å². The van der Waals surface area contributed by atoms with E-state index in [9.17, 15) is 27.2 Å². The van der Waals surface area contributed by atoms with Gasteiger partial charge in [-0.3, -0.25) is 0 Å². The number of urea groups is 1. The van der Waals surface area contributed by atoms with Crippen LogP contribution in [0.4, 0.5) is 27.2 Å². The number of nitrogens with one attached hydrogen (secondary N) is 1. The van der Waals surface area contributed by atoms with Crippen molar-refractivity contribution in [2.45, 2.75) is 45.6 Å². The van der Waals surface area contributed by atoms with E-state index in [1.165, 1.54) is 18.3 Å². The molecule has 0 radical (unpaired) electrons. The SMILES string of the molecule is Cc1nc(C)c(CNC(=O)N2C(=O)O[C@H](c3cc(F)cc(C(F)(F)F)c3)[C@@H]2C)s1. The normalized spacial score (nSPS) is 19.4. The number of aryl methyl sites for hydroxylation is 2. The molecule has 1 N–H and O–H groups in total. The monoisotopic (exact) mass is 431 g/mol. The molecule has 2 atom stereocenters. The topological polar surface area (TPSA) is 71.5 Å². The Hall–Kier alpha value is -2.69. The highest BCUT2D eigenvalue weighted by Gasteiger charge is 2.44. The van der Waals surface area contributed by atoms with Gasteiger partial charge in [0.05, 0.1) is 28.9 Å². The number of cyclic esters (lactones) is 1. The Bertz CT molecular complexity index is 960. The molecule has 1 aliphatic rings. The molecule has 6 nitrogen and oxygen atoms in total. The largest absolute Gasteiger partial charge is 0.439 e. The van der Waals surface area contributed by atoms with Crippen molar-refractivity contribution in [1.82, 2.24) is 15.2 Å². The number of carbonyl (C=O) groups excluding carboxylic acids is 2. The van der Waals surface area contributed by atoms with Crippen molar-refractivity contribution in [2.24, 2.45) is 0 Å². The molecule has 156 valence electrons. The molecule has 0 bridgehead atoms. The van der Waals surface area contributed by atoms with Crippen molar-refractivity contribution in [3.8, 4) is 0 Å². The van der Waals surface area contributed by atoms with Gasteiger partial charge in [-0.25, -0.2) is 23.9 Å². The molecule has 0 unspecified atom stereocenters. The van der Waals surface area contributed by atoms with Crippen molar-refractivity contribution < 1.29 is 31.9 Å². The van der Waals surface area contributed by atoms with Gasteiger partial charge in [0.15, 0.2) is 0 Å². The summed E-state index contributed by atoms with van der Waals surface area (Å²) in [6.45, 7) is 5.18. The Labute approximate surface area is 167 Å². The number of carbonyl (C=O) groups is 2. The van der Waals surface area contributed by atoms with Crippen LogP contribution in [0.2, 0.25) is 0 Å². The summed E-state index contributed by atoms with van der Waals surface area (Å²) in [6, 6.07) is 0.226. The molecule has 3 amide bonds. The van der Waals surface area contributed by atoms with Crippen LogP contribution in [0.1, 0.15) is 39.7 Å². The van der Waals surface area contributed by atoms with E-state index < -0.39 is 41.8 Å². The fraction of sp³-hybridized carbons (Fsp3) is 0.389. The Morgan fingerprint density at radius 1 is 1.31 bits per heavy atom. The van der Waals surface area contributed by atoms with Gasteiger partial charge in [0.2, 0.25) is 0 Å². The Morgan fingerprint density at radius 3 is 2.59 bits per heavy atom. The second-order valence-electron chi connectivity index (χ2n) is 6.59. The van der Waals surface area contributed by atoms with Crippen LogP contribution in [0.25, 0.3) is 0 Å². The first-order chi connectivity index (χ1) is 13.5. The minimum absolute atomic E-state index is 0.134. The van der Waals surface area contributed by atoms with Crippen LogP contribution in [-0.4, -0.2) is 28.1 Å². The molecular formula is C18H17F4N3O3S. The van der Waals surface area contributed by atoms with Gasteiger partial charge in [-0.15, -0.1) is 11.3 Å². The molecule has 1 aliphatic heterocycles. The van der Waals surface area contributed by atoms with Crippen molar-refractivity contribution in [2.75, 3.05) is 0 Å². The van der Waals surface area contributed by atoms with Gasteiger partial charge < -0.3 is 10.1 Å². The van der Waals surface area contributed by atoms with E-state index in [0.717, 1.165) is 26.5 Å². The highest BCUT2D eigenvalue weighted by atomic mass is 32.1. The Morgan fingerprint density at radius 2 is 2.00 bits per heavy atom. The zero-order chi connectivity index (χ0) is 21.5. The molecule has 29 heavy (non-hydrogen) atoms. The molecule has 1 saturated heterocycles. The maximum Gasteiger partial charge on any atom is 0.419 e. The number of hydrogen-bond donors (Lipinski definition) is 1. The van der Waals surface area contributed by atoms with Gasteiger partial charge >= 0.3 is 18.3 Å². The Balaban J connectivity index is 1.77. The van der Waals surface area contributed by atoms with E-state index in [1.54, 1.807) is 6.92 Å². The van der Waals surface area contributed by atoms with Crippen LogP contribution in [0.15, 0.2) is 18.2 Å². The summed E-state index contributed by atoms with van der Waals surface area (Å²) in [5.74, 6) is -1.11. The summed E-state index contributed by atoms with van der Waals surface area (Å²) in [5.41, 5.74) is -0.626. The summed E-state index contributed by atoms with van der Waals surface area (Å²) in [7, 11) is 0. The van der Waals surface area contributed by atoms with Crippen LogP contribution in [-0.2, 0) is 17.5 Å². The van der Waals surface area contributed by atoms with Gasteiger partial charge in [0, 0.05) is 4.88 Å². The van der Waals surface area contributed by atoms with Crippen molar-refractivity contribution in [3.05, 3.63) is 50.7 Å². The first-order valence-corrected chi connectivity index (χ1v) is 9.37. The number of aromatic nitrogens is 1. The number of nitrogens with zero attached hydrogens (tertiary/aromatic N) is 2. The number of thiazole rings is 1. The van der Waals surface area contributed by atoms with E-state index in [0.29, 0.717) is 12.1 Å². The summed E-state index contributed by atoms with van der Waals surface area (Å²) >= 11 is 1.39. The minimum atomic E-state index is -4.76. The van der Waals surface area contributed by atoms with Crippen LogP contribution >= 0.6 is 11.3 Å². The second-order valence-corrected chi connectivity index (χ2v) is 7.87. The van der Waals surface area contributed by atoms with Crippen LogP contribution < -0.4 is 5.32 Å². The number of rotatable bonds is 3. The summed E-state index contributed by atoms with van der Waals surface area (Å²) < 4.78 is 57.6. The molecule has 2 heterocycles. The predicted octanol–water partition coefficient (Wildman–Crippen LogP) is 4.71. The van der Waals surface area contributed by atoms with Gasteiger partial charge in [-0.1, -0.05) is 0 Å². The van der Waals surface area contributed by atoms with Gasteiger partial charge in [-0.2, -0.15) is 13.2 Å². The van der Waals surface area contributed by atoms with Crippen LogP contribution in [0.3, 0.4) is 0 Å². The first-order valence-electron chi connectivity index (χ1n) is 8.55. The molecule has 1 aromatic heterocycles. The standard InChI is InChI=1S/C18H17F4N3O3S/c1-8-14(29-10(3)24-8)7-23-16(26)25-9(2)15(28-17(25)27)11-4-12(18(20,21)22)6-13(19)5-11/h4-6,9,15H,7H2,1-3H3,(H,23,26)/t9-,15-/m0/s1. The molecule has 1 fully saturated rings. The number of halogens is 4. The lowest BCUT2D eigenvalue weighted by molar-refractivity contribution is -0.137. The lowest BCUT2D eigenvalue weighted by atomic mass is 10.0. The number of alkyl halides is 3. The highest BCUT2D eigenvalue weighted by Crippen LogP contribution is 2.37. The van der Waals surface area contributed by atoms with Crippen LogP contribution in [0.5, 0.6) is 0 Å². The number of amides is 3. The molecule has 1 aromatic carbocycles. The average Bonchev–Trinajstić information content (AvgIpc) is 3.09. The lowest BCUT2D eigenvalue weighted by Crippen LogP contribution is -2.44. The van der Waals surface area contributed by atoms with Gasteiger partial charge in [0.1, 0.15) is 11.9 Å². The predicted molar refractivity (Wildman–Crippen MR) is 95.7 cm³/mol. The summed E-state index contributed by atoms with van der Waals surface area (Å²) in [6.07, 6.45) is -7.00. The maximum atomic E-state index is 13.7. The maximum absolute atomic E-state index is 13.7. The first kappa shape index (κ1) is 21.0. The van der Waals surface area contributed by atoms with E-state index in [2.05, 4.69) is 10.3 Å². The zero-order valence-corrected chi connectivity index (χ0v) is 16.4. The third-order valence-corrected chi connectivity index (χ3v) is 5.54. The summed E-state index contributed by atoms with van der Waals surface area (Å²) in [4.78, 5) is 30.5. The fourth-order valence-corrected chi connectivity index (χ4v) is 3.98. The van der Waals surface area contributed by atoms with Crippen LogP contribution in [0, 0.1) is 19.7 Å². The fourth-order valence-electron chi connectivity index (χ4n) is 3.10. The number of ether oxygens (including phenoxy) is 1. The Kier molecular flexibility index (Phi) is 5.52. The third kappa shape index (κ3) is 4.34. The minimum Gasteiger partial charge on any atom is -0.439 e. The van der Waals surface area contributed by atoms with E-state index in [-0.39, 0.29) is 12.1 Å². The van der Waals surface area contributed by atoms with Crippen molar-refractivity contribution in [1.29, 1.82) is 0 Å². The number of hydrogen-bond acceptors (Lipinski definition) is 5. The second kappa shape index (κ2) is 7.62. The smallest absolute Gasteiger partial charge is 0.419 e. The lowest BCUT2D eigenvalue weighted by Gasteiger charge is -2.20. The van der Waals surface area contributed by atoms with Gasteiger partial charge in [-0.05, 0) is 44.5 Å². The quantitative estimate of drug-likeness (QED) is 0.715. The molecule has 0 saturated carbocycles. The molecule has 11 heteroatoms. The molecule has 2 aromatic rings. The summed E-state index contributed by atoms with van der Waals surface area (Å²) in [5, 5.41) is 3.40. The highest BCUT2D eigenvalue weighted by molar-refractivity contribution is 7.11. The number of imide groups is 1.